The fourth-order valence-electron chi connectivity index (χ4n) is 1.83. The van der Waals surface area contributed by atoms with E-state index in [2.05, 4.69) is 20.5 Å². The van der Waals surface area contributed by atoms with Gasteiger partial charge in [0.1, 0.15) is 0 Å². The van der Waals surface area contributed by atoms with Crippen LogP contribution in [-0.4, -0.2) is 21.2 Å². The Hall–Kier alpha value is -1.19. The first-order valence-electron chi connectivity index (χ1n) is 5.41. The Balaban J connectivity index is 1.84. The van der Waals surface area contributed by atoms with Gasteiger partial charge in [0, 0.05) is 6.04 Å². The topological polar surface area (TPSA) is 50.7 Å². The van der Waals surface area contributed by atoms with Crippen LogP contribution in [0.2, 0.25) is 0 Å². The summed E-state index contributed by atoms with van der Waals surface area (Å²) in [6.07, 6.45) is 7.11. The zero-order valence-corrected chi connectivity index (χ0v) is 8.16. The number of hydrogen-bond donors (Lipinski definition) is 1. The zero-order valence-electron chi connectivity index (χ0n) is 8.16. The van der Waals surface area contributed by atoms with Crippen molar-refractivity contribution in [3.8, 4) is 0 Å². The Bertz CT molecular complexity index is 346. The number of hydrogen-bond acceptors (Lipinski definition) is 4. The standard InChI is InChI=1S/C10H14N4/c1-2-4-9-8(3-1)12-10(14-13-9)11-7-5-6-7/h7H,1-6H2,(H,11,12,14). The van der Waals surface area contributed by atoms with Gasteiger partial charge in [-0.3, -0.25) is 0 Å². The molecule has 14 heavy (non-hydrogen) atoms. The zero-order chi connectivity index (χ0) is 9.38. The second kappa shape index (κ2) is 3.19. The molecule has 2 aliphatic carbocycles. The highest BCUT2D eigenvalue weighted by molar-refractivity contribution is 5.29. The van der Waals surface area contributed by atoms with Gasteiger partial charge < -0.3 is 5.32 Å². The van der Waals surface area contributed by atoms with E-state index in [1.807, 2.05) is 0 Å². The molecule has 0 amide bonds. The molecule has 0 atom stereocenters. The first kappa shape index (κ1) is 8.15. The van der Waals surface area contributed by atoms with E-state index in [4.69, 9.17) is 0 Å². The highest BCUT2D eigenvalue weighted by Crippen LogP contribution is 2.23. The van der Waals surface area contributed by atoms with Crippen LogP contribution in [0.1, 0.15) is 37.1 Å². The molecule has 1 saturated carbocycles. The molecule has 1 fully saturated rings. The summed E-state index contributed by atoms with van der Waals surface area (Å²) in [5.41, 5.74) is 2.27. The molecule has 4 heteroatoms. The maximum Gasteiger partial charge on any atom is 0.243 e. The molecule has 3 rings (SSSR count). The van der Waals surface area contributed by atoms with Gasteiger partial charge in [0.05, 0.1) is 11.4 Å². The minimum atomic E-state index is 0.610. The van der Waals surface area contributed by atoms with Crippen LogP contribution in [0.25, 0.3) is 0 Å². The number of nitrogens with one attached hydrogen (secondary N) is 1. The predicted octanol–water partition coefficient (Wildman–Crippen LogP) is 1.32. The van der Waals surface area contributed by atoms with Crippen molar-refractivity contribution in [2.24, 2.45) is 0 Å². The van der Waals surface area contributed by atoms with Crippen LogP contribution in [-0.2, 0) is 12.8 Å². The summed E-state index contributed by atoms with van der Waals surface area (Å²) in [7, 11) is 0. The van der Waals surface area contributed by atoms with Crippen molar-refractivity contribution in [2.75, 3.05) is 5.32 Å². The number of aromatic nitrogens is 3. The smallest absolute Gasteiger partial charge is 0.243 e. The minimum Gasteiger partial charge on any atom is -0.350 e. The normalized spacial score (nSPS) is 20.3. The highest BCUT2D eigenvalue weighted by Gasteiger charge is 2.23. The molecule has 0 saturated heterocycles. The van der Waals surface area contributed by atoms with E-state index in [1.165, 1.54) is 25.7 Å². The molecule has 2 aliphatic rings. The van der Waals surface area contributed by atoms with Gasteiger partial charge in [-0.15, -0.1) is 10.2 Å². The first-order chi connectivity index (χ1) is 6.92. The van der Waals surface area contributed by atoms with Crippen molar-refractivity contribution in [3.63, 3.8) is 0 Å². The van der Waals surface area contributed by atoms with E-state index in [0.29, 0.717) is 6.04 Å². The van der Waals surface area contributed by atoms with Gasteiger partial charge in [0.2, 0.25) is 5.95 Å². The van der Waals surface area contributed by atoms with Gasteiger partial charge >= 0.3 is 0 Å². The van der Waals surface area contributed by atoms with Gasteiger partial charge in [0.15, 0.2) is 0 Å². The van der Waals surface area contributed by atoms with Gasteiger partial charge in [-0.1, -0.05) is 0 Å². The van der Waals surface area contributed by atoms with E-state index >= 15 is 0 Å². The van der Waals surface area contributed by atoms with E-state index in [-0.39, 0.29) is 0 Å². The van der Waals surface area contributed by atoms with E-state index < -0.39 is 0 Å². The lowest BCUT2D eigenvalue weighted by molar-refractivity contribution is 0.633. The van der Waals surface area contributed by atoms with Crippen LogP contribution in [0.3, 0.4) is 0 Å². The van der Waals surface area contributed by atoms with E-state index in [0.717, 1.165) is 30.2 Å². The second-order valence-electron chi connectivity index (χ2n) is 4.15. The minimum absolute atomic E-state index is 0.610. The molecule has 0 aromatic carbocycles. The largest absolute Gasteiger partial charge is 0.350 e. The third-order valence-corrected chi connectivity index (χ3v) is 2.83. The Morgan fingerprint density at radius 2 is 1.79 bits per heavy atom. The monoisotopic (exact) mass is 190 g/mol. The molecule has 1 N–H and O–H groups in total. The summed E-state index contributed by atoms with van der Waals surface area (Å²) in [5.74, 6) is 0.730. The summed E-state index contributed by atoms with van der Waals surface area (Å²) in [5, 5.41) is 11.6. The lowest BCUT2D eigenvalue weighted by atomic mass is 10.0. The molecule has 74 valence electrons. The Kier molecular flexibility index (Phi) is 1.85. The van der Waals surface area contributed by atoms with Crippen molar-refractivity contribution < 1.29 is 0 Å². The summed E-state index contributed by atoms with van der Waals surface area (Å²) in [6.45, 7) is 0. The quantitative estimate of drug-likeness (QED) is 0.764. The second-order valence-corrected chi connectivity index (χ2v) is 4.15. The van der Waals surface area contributed by atoms with Gasteiger partial charge in [-0.25, -0.2) is 4.98 Å². The summed E-state index contributed by atoms with van der Waals surface area (Å²) in [4.78, 5) is 4.51. The van der Waals surface area contributed by atoms with E-state index in [9.17, 15) is 0 Å². The molecule has 1 aromatic heterocycles. The molecule has 4 nitrogen and oxygen atoms in total. The first-order valence-corrected chi connectivity index (χ1v) is 5.41. The average Bonchev–Trinajstić information content (AvgIpc) is 3.02. The Labute approximate surface area is 83.2 Å². The van der Waals surface area contributed by atoms with Gasteiger partial charge in [0.25, 0.3) is 0 Å². The number of rotatable bonds is 2. The number of aryl methyl sites for hydroxylation is 2. The Morgan fingerprint density at radius 3 is 2.57 bits per heavy atom. The van der Waals surface area contributed by atoms with Gasteiger partial charge in [-0.05, 0) is 38.5 Å². The molecular formula is C10H14N4. The molecular weight excluding hydrogens is 176 g/mol. The SMILES string of the molecule is C1CCc2nc(NC3CC3)nnc2C1. The maximum absolute atomic E-state index is 4.51. The van der Waals surface area contributed by atoms with Crippen LogP contribution >= 0.6 is 0 Å². The molecule has 0 unspecified atom stereocenters. The Morgan fingerprint density at radius 1 is 1.00 bits per heavy atom. The summed E-state index contributed by atoms with van der Waals surface area (Å²) >= 11 is 0. The fourth-order valence-corrected chi connectivity index (χ4v) is 1.83. The molecule has 0 bridgehead atoms. The van der Waals surface area contributed by atoms with Crippen molar-refractivity contribution in [2.45, 2.75) is 44.6 Å². The summed E-state index contributed by atoms with van der Waals surface area (Å²) < 4.78 is 0. The van der Waals surface area contributed by atoms with Crippen molar-refractivity contribution >= 4 is 5.95 Å². The van der Waals surface area contributed by atoms with Crippen LogP contribution in [0.4, 0.5) is 5.95 Å². The molecule has 0 aliphatic heterocycles. The van der Waals surface area contributed by atoms with Crippen LogP contribution in [0, 0.1) is 0 Å². The molecule has 1 heterocycles. The lowest BCUT2D eigenvalue weighted by Gasteiger charge is -2.13. The highest BCUT2D eigenvalue weighted by atomic mass is 15.3. The summed E-state index contributed by atoms with van der Waals surface area (Å²) in [6, 6.07) is 0.610. The number of fused-ring (bicyclic) bond motifs is 1. The third-order valence-electron chi connectivity index (χ3n) is 2.83. The van der Waals surface area contributed by atoms with Gasteiger partial charge in [-0.2, -0.15) is 0 Å². The van der Waals surface area contributed by atoms with Crippen molar-refractivity contribution in [1.82, 2.24) is 15.2 Å². The molecule has 0 spiro atoms. The maximum atomic E-state index is 4.51. The third kappa shape index (κ3) is 1.56. The van der Waals surface area contributed by atoms with Crippen molar-refractivity contribution in [1.29, 1.82) is 0 Å². The fraction of sp³-hybridized carbons (Fsp3) is 0.700. The van der Waals surface area contributed by atoms with Crippen LogP contribution in [0.5, 0.6) is 0 Å². The molecule has 1 aromatic rings. The van der Waals surface area contributed by atoms with Crippen LogP contribution < -0.4 is 5.32 Å². The predicted molar refractivity (Wildman–Crippen MR) is 53.1 cm³/mol. The lowest BCUT2D eigenvalue weighted by Crippen LogP contribution is -2.13. The average molecular weight is 190 g/mol. The van der Waals surface area contributed by atoms with E-state index in [1.54, 1.807) is 0 Å². The van der Waals surface area contributed by atoms with Crippen molar-refractivity contribution in [3.05, 3.63) is 11.4 Å². The number of nitrogens with zero attached hydrogens (tertiary/aromatic N) is 3. The van der Waals surface area contributed by atoms with Crippen LogP contribution in [0.15, 0.2) is 0 Å². The number of anilines is 1. The molecule has 0 radical (unpaired) electrons.